The summed E-state index contributed by atoms with van der Waals surface area (Å²) in [5, 5.41) is 33.7. The summed E-state index contributed by atoms with van der Waals surface area (Å²) < 4.78 is 0. The monoisotopic (exact) mass is 1740 g/mol. The number of aliphatic carboxylic acids is 2. The zero-order valence-corrected chi connectivity index (χ0v) is 78.0. The molecule has 3 aromatic heterocycles. The Balaban J connectivity index is -0.000000594. The van der Waals surface area contributed by atoms with Crippen molar-refractivity contribution < 1.29 is 53.4 Å². The number of likely N-dealkylation sites (tertiary alicyclic amines) is 1. The van der Waals surface area contributed by atoms with Gasteiger partial charge in [-0.25, -0.2) is 9.97 Å². The first kappa shape index (κ1) is 112. The van der Waals surface area contributed by atoms with Gasteiger partial charge in [-0.05, 0) is 116 Å². The highest BCUT2D eigenvalue weighted by Crippen LogP contribution is 2.37. The molecule has 5 amide bonds. The highest BCUT2D eigenvalue weighted by atomic mass is 33.1. The minimum atomic E-state index is -1.21. The molecule has 11 N–H and O–H groups in total. The molecule has 3 aromatic rings. The van der Waals surface area contributed by atoms with Crippen molar-refractivity contribution in [2.75, 3.05) is 70.6 Å². The van der Waals surface area contributed by atoms with E-state index in [0.717, 1.165) is 56.1 Å². The van der Waals surface area contributed by atoms with E-state index in [1.807, 2.05) is 76.9 Å². The summed E-state index contributed by atoms with van der Waals surface area (Å²) in [6.45, 7) is 52.3. The summed E-state index contributed by atoms with van der Waals surface area (Å²) in [5.41, 5.74) is 14.3. The number of carbonyl (C=O) groups is 9. The normalized spacial score (nSPS) is 14.1. The van der Waals surface area contributed by atoms with Crippen LogP contribution in [0.25, 0.3) is 0 Å². The van der Waals surface area contributed by atoms with Gasteiger partial charge < -0.3 is 42.6 Å². The second-order valence-electron chi connectivity index (χ2n) is 33.2. The number of aromatic nitrogens is 5. The molecule has 0 spiro atoms. The Kier molecular flexibility index (Phi) is 61.3. The number of imidazole rings is 1. The van der Waals surface area contributed by atoms with Gasteiger partial charge in [0, 0.05) is 96.2 Å². The summed E-state index contributed by atoms with van der Waals surface area (Å²) in [6.07, 6.45) is 7.37. The van der Waals surface area contributed by atoms with Gasteiger partial charge in [-0.15, -0.1) is 11.8 Å². The fourth-order valence-electron chi connectivity index (χ4n) is 6.30. The molecule has 1 fully saturated rings. The molecule has 5 atom stereocenters. The van der Waals surface area contributed by atoms with Crippen LogP contribution in [0.1, 0.15) is 205 Å². The third kappa shape index (κ3) is 72.5. The second kappa shape index (κ2) is 59.2. The number of imide groups is 1. The van der Waals surface area contributed by atoms with Crippen molar-refractivity contribution in [2.45, 2.75) is 245 Å². The summed E-state index contributed by atoms with van der Waals surface area (Å²) in [4.78, 5) is 114. The van der Waals surface area contributed by atoms with Crippen LogP contribution in [-0.4, -0.2) is 193 Å². The molecule has 0 aromatic carbocycles. The maximum Gasteiger partial charge on any atom is 0.322 e. The quantitative estimate of drug-likeness (QED) is 0.0150. The lowest BCUT2D eigenvalue weighted by Gasteiger charge is -2.20. The van der Waals surface area contributed by atoms with Gasteiger partial charge in [-0.2, -0.15) is 16.9 Å². The predicted octanol–water partition coefficient (Wildman–Crippen LogP) is 17.4. The average molecular weight is 1740 g/mol. The Labute approximate surface area is 697 Å². The second-order valence-corrected chi connectivity index (χ2v) is 47.5. The summed E-state index contributed by atoms with van der Waals surface area (Å²) in [5.74, 6) is 6.39. The van der Waals surface area contributed by atoms with Crippen LogP contribution in [0.15, 0.2) is 59.2 Å². The molecule has 4 heterocycles. The molecule has 34 heteroatoms. The number of hydrogen-bond donors (Lipinski definition) is 9. The van der Waals surface area contributed by atoms with E-state index in [1.165, 1.54) is 41.0 Å². The van der Waals surface area contributed by atoms with E-state index in [1.54, 1.807) is 107 Å². The van der Waals surface area contributed by atoms with Crippen molar-refractivity contribution in [1.29, 1.82) is 0 Å². The standard InChI is InChI=1S/C15H27N3O6S2.C11H21NO2S2.C11H19NO2S.C10H15NS2.C9H16N2S.C9H19NOS2.C8H14N2S2.CH4/c1-15(2,3)8-26-25-7-10(13(22)17-6-12(20)21)18-11(19)5-4-9(16)14(23)24;1-8(13)10(12-9(2)14)6-15-16-7-11(3,4)5;1-5-12-9(13)6-8(10(12)14)15-7-11(2,3)4;1-10(2,3)8-12-13-9-6-4-5-7-11-9;1-9(2,3)7-12-6-8-4-5-10-11-8;1-7(11)8(10)5-12-13-6-9(2,3)4;1-8(2,3)5-11-12-7-4-9-6-10-7;/h9-10H,4-8,16H2,1-3H3,(H,17,22)(H,18,19)(H,20,21)(H,23,24);10H,6-7H2,1-5H3,(H,12,14);8H,5-7H2,1-4H3;4-7H,8H2,1-3H3;4-5H,6-7H2,1-3H3,(H,10,11);8H,5-6,10H2,1-4H3;4,6H,5H2,1-3H3,(H,9,10);1H4/t9-,10-;10-;;;;8-;;/m00...0../s1. The highest BCUT2D eigenvalue weighted by molar-refractivity contribution is 8.77. The van der Waals surface area contributed by atoms with Crippen molar-refractivity contribution in [1.82, 2.24) is 46.0 Å². The number of rotatable bonds is 35. The molecule has 4 rings (SSSR count). The number of nitrogens with one attached hydrogen (secondary N) is 5. The Bertz CT molecular complexity index is 2900. The molecule has 0 saturated carbocycles. The number of ketones is 2. The highest BCUT2D eigenvalue weighted by Gasteiger charge is 2.38. The van der Waals surface area contributed by atoms with Crippen LogP contribution >= 0.6 is 131 Å². The van der Waals surface area contributed by atoms with Gasteiger partial charge in [0.15, 0.2) is 5.78 Å². The van der Waals surface area contributed by atoms with Crippen LogP contribution in [-0.2, 0) is 48.9 Å². The topological polar surface area (TPSA) is 356 Å². The van der Waals surface area contributed by atoms with E-state index in [-0.39, 0.29) is 88.9 Å². The van der Waals surface area contributed by atoms with Crippen molar-refractivity contribution in [3.8, 4) is 0 Å². The van der Waals surface area contributed by atoms with Crippen LogP contribution in [0.4, 0.5) is 0 Å². The number of nitrogens with two attached hydrogens (primary N) is 2. The Hall–Kier alpha value is -2.48. The lowest BCUT2D eigenvalue weighted by molar-refractivity contribution is -0.139. The van der Waals surface area contributed by atoms with Gasteiger partial charge in [-0.3, -0.25) is 53.1 Å². The first-order valence-electron chi connectivity index (χ1n) is 35.1. The molecule has 1 aliphatic rings. The third-order valence-corrected chi connectivity index (χ3v) is 29.4. The number of Topliss-reactive ketones (excluding diaryl/α,β-unsaturated/α-hetero) is 2. The van der Waals surface area contributed by atoms with Gasteiger partial charge in [0.2, 0.25) is 29.5 Å². The fraction of sp³-hybridized carbons (Fsp3) is 0.730. The molecule has 1 aliphatic heterocycles. The zero-order chi connectivity index (χ0) is 83.0. The van der Waals surface area contributed by atoms with Gasteiger partial charge in [-0.1, -0.05) is 245 Å². The number of hydrogen-bond acceptors (Lipinski definition) is 26. The van der Waals surface area contributed by atoms with Gasteiger partial charge in [0.05, 0.1) is 29.9 Å². The Morgan fingerprint density at radius 2 is 1.09 bits per heavy atom. The summed E-state index contributed by atoms with van der Waals surface area (Å²) in [6, 6.07) is 5.31. The fourth-order valence-corrected chi connectivity index (χ4v) is 22.8. The van der Waals surface area contributed by atoms with Crippen LogP contribution < -0.4 is 27.4 Å². The maximum atomic E-state index is 12.1. The van der Waals surface area contributed by atoms with Gasteiger partial charge in [0.1, 0.15) is 34.5 Å². The molecule has 22 nitrogen and oxygen atoms in total. The smallest absolute Gasteiger partial charge is 0.322 e. The number of aromatic amines is 2. The van der Waals surface area contributed by atoms with Crippen LogP contribution in [0.3, 0.4) is 0 Å². The van der Waals surface area contributed by atoms with Crippen molar-refractivity contribution in [3.63, 3.8) is 0 Å². The first-order valence-corrected chi connectivity index (χ1v) is 49.4. The van der Waals surface area contributed by atoms with E-state index in [2.05, 4.69) is 186 Å². The van der Waals surface area contributed by atoms with E-state index >= 15 is 0 Å². The predicted molar refractivity (Wildman–Crippen MR) is 479 cm³/mol. The van der Waals surface area contributed by atoms with E-state index in [9.17, 15) is 43.2 Å². The lowest BCUT2D eigenvalue weighted by atomic mass is 10.0. The number of amides is 5. The van der Waals surface area contributed by atoms with Crippen molar-refractivity contribution in [2.24, 2.45) is 49.4 Å². The van der Waals surface area contributed by atoms with Gasteiger partial charge >= 0.3 is 11.9 Å². The molecule has 0 aliphatic carbocycles. The minimum absolute atomic E-state index is 0. The van der Waals surface area contributed by atoms with E-state index in [4.69, 9.17) is 21.7 Å². The summed E-state index contributed by atoms with van der Waals surface area (Å²) >= 11 is 3.56. The minimum Gasteiger partial charge on any atom is -0.480 e. The molecule has 1 saturated heterocycles. The van der Waals surface area contributed by atoms with Crippen molar-refractivity contribution >= 4 is 185 Å². The number of thioether (sulfide) groups is 2. The Morgan fingerprint density at radius 1 is 0.602 bits per heavy atom. The number of H-pyrrole nitrogens is 2. The van der Waals surface area contributed by atoms with Crippen molar-refractivity contribution in [3.05, 3.63) is 54.9 Å². The number of nitrogens with zero attached hydrogens (tertiary/aromatic N) is 4. The average Bonchev–Trinajstić information content (AvgIpc) is 1.69. The molecule has 0 bridgehead atoms. The Morgan fingerprint density at radius 3 is 1.49 bits per heavy atom. The zero-order valence-electron chi connectivity index (χ0n) is 68.2. The largest absolute Gasteiger partial charge is 0.480 e. The molecular weight excluding hydrogens is 1600 g/mol. The molecule has 0 radical (unpaired) electrons. The number of carboxylic acid groups (broad SMARTS) is 2. The lowest BCUT2D eigenvalue weighted by Crippen LogP contribution is -2.49. The summed E-state index contributed by atoms with van der Waals surface area (Å²) in [7, 11) is 17.0. The first-order chi connectivity index (χ1) is 49.1. The molecule has 1 unspecified atom stereocenters. The number of carboxylic acids is 2. The van der Waals surface area contributed by atoms with Crippen LogP contribution in [0.5, 0.6) is 0 Å². The number of pyridine rings is 1. The maximum absolute atomic E-state index is 12.1. The number of carbonyl (C=O) groups excluding carboxylic acids is 7. The van der Waals surface area contributed by atoms with Gasteiger partial charge in [0.25, 0.3) is 0 Å². The molecular formula is C74H135N11O11S12. The third-order valence-electron chi connectivity index (χ3n) is 11.9. The molecule has 108 heavy (non-hydrogen) atoms. The van der Waals surface area contributed by atoms with E-state index in [0.29, 0.717) is 40.4 Å². The SMILES string of the molecule is C.CC(=O)N[C@@H](CSSCC(C)(C)C)C(C)=O.CC(=O)[C@@H](N)CSSCC(C)(C)C.CC(C)(C)CSCc1ccn[nH]1.CC(C)(C)CSSC[C@H](NC(=O)CC[C@H](N)C(=O)O)C(=O)NCC(=O)O.CC(C)(C)CSSc1ccccn1.CC(C)(C)CSSc1cnc[nH]1.CCN1C(=O)CC(SCC(C)(C)C)C1=O. The molecule has 624 valence electrons. The van der Waals surface area contributed by atoms with Crippen LogP contribution in [0.2, 0.25) is 0 Å². The van der Waals surface area contributed by atoms with E-state index < -0.39 is 42.4 Å². The van der Waals surface area contributed by atoms with Crippen LogP contribution in [0, 0.1) is 37.9 Å².